The normalized spacial score (nSPS) is 10.7. The lowest BCUT2D eigenvalue weighted by Gasteiger charge is -2.09. The van der Waals surface area contributed by atoms with E-state index >= 15 is 0 Å². The molecule has 4 heteroatoms. The maximum atomic E-state index is 12.1. The van der Waals surface area contributed by atoms with Crippen molar-refractivity contribution in [2.75, 3.05) is 11.9 Å². The molecule has 0 atom stereocenters. The van der Waals surface area contributed by atoms with Crippen molar-refractivity contribution in [1.29, 1.82) is 0 Å². The van der Waals surface area contributed by atoms with Crippen LogP contribution in [0.4, 0.5) is 0 Å². The predicted octanol–water partition coefficient (Wildman–Crippen LogP) is 4.23. The van der Waals surface area contributed by atoms with Crippen LogP contribution in [0.3, 0.4) is 0 Å². The SMILES string of the molecule is O=C(NCCCCCCBr)c1ccc2ccccc2c1O. The van der Waals surface area contributed by atoms with Crippen molar-refractivity contribution in [3.63, 3.8) is 0 Å². The number of halogens is 1. The van der Waals surface area contributed by atoms with E-state index in [1.807, 2.05) is 30.3 Å². The standard InChI is InChI=1S/C17H20BrNO2/c18-11-5-1-2-6-12-19-17(21)15-10-9-13-7-3-4-8-14(13)16(15)20/h3-4,7-10,20H,1-2,5-6,11-12H2,(H,19,21). The van der Waals surface area contributed by atoms with Gasteiger partial charge < -0.3 is 10.4 Å². The molecule has 0 bridgehead atoms. The molecule has 3 nitrogen and oxygen atoms in total. The molecule has 21 heavy (non-hydrogen) atoms. The van der Waals surface area contributed by atoms with Crippen LogP contribution in [0.25, 0.3) is 10.8 Å². The molecule has 0 aliphatic carbocycles. The van der Waals surface area contributed by atoms with Gasteiger partial charge in [-0.05, 0) is 24.3 Å². The molecule has 0 unspecified atom stereocenters. The van der Waals surface area contributed by atoms with E-state index in [0.29, 0.717) is 17.5 Å². The number of hydrogen-bond acceptors (Lipinski definition) is 2. The summed E-state index contributed by atoms with van der Waals surface area (Å²) in [7, 11) is 0. The number of carbonyl (C=O) groups is 1. The molecule has 0 aromatic heterocycles. The van der Waals surface area contributed by atoms with Crippen molar-refractivity contribution in [2.24, 2.45) is 0 Å². The summed E-state index contributed by atoms with van der Waals surface area (Å²) in [4.78, 5) is 12.1. The Hall–Kier alpha value is -1.55. The highest BCUT2D eigenvalue weighted by atomic mass is 79.9. The van der Waals surface area contributed by atoms with E-state index in [9.17, 15) is 9.90 Å². The average molecular weight is 350 g/mol. The number of phenolic OH excluding ortho intramolecular Hbond substituents is 1. The van der Waals surface area contributed by atoms with Crippen molar-refractivity contribution >= 4 is 32.6 Å². The Labute approximate surface area is 133 Å². The van der Waals surface area contributed by atoms with Crippen LogP contribution >= 0.6 is 15.9 Å². The number of unbranched alkanes of at least 4 members (excludes halogenated alkanes) is 3. The highest BCUT2D eigenvalue weighted by Crippen LogP contribution is 2.28. The third-order valence-electron chi connectivity index (χ3n) is 3.49. The van der Waals surface area contributed by atoms with Gasteiger partial charge in [0.15, 0.2) is 0 Å². The molecule has 0 radical (unpaired) electrons. The van der Waals surface area contributed by atoms with E-state index in [1.165, 1.54) is 12.8 Å². The van der Waals surface area contributed by atoms with Gasteiger partial charge in [0.05, 0.1) is 5.56 Å². The number of alkyl halides is 1. The Morgan fingerprint density at radius 2 is 1.81 bits per heavy atom. The number of nitrogens with one attached hydrogen (secondary N) is 1. The Bertz CT molecular complexity index is 613. The number of benzene rings is 2. The number of aromatic hydroxyl groups is 1. The number of fused-ring (bicyclic) bond motifs is 1. The van der Waals surface area contributed by atoms with Crippen molar-refractivity contribution in [2.45, 2.75) is 25.7 Å². The monoisotopic (exact) mass is 349 g/mol. The largest absolute Gasteiger partial charge is 0.506 e. The van der Waals surface area contributed by atoms with Crippen LogP contribution in [0, 0.1) is 0 Å². The molecule has 0 fully saturated rings. The smallest absolute Gasteiger partial charge is 0.255 e. The first-order valence-electron chi connectivity index (χ1n) is 7.29. The number of hydrogen-bond donors (Lipinski definition) is 2. The molecule has 112 valence electrons. The summed E-state index contributed by atoms with van der Waals surface area (Å²) in [6, 6.07) is 11.0. The Morgan fingerprint density at radius 3 is 2.62 bits per heavy atom. The van der Waals surface area contributed by atoms with E-state index in [-0.39, 0.29) is 11.7 Å². The zero-order chi connectivity index (χ0) is 15.1. The van der Waals surface area contributed by atoms with Gasteiger partial charge >= 0.3 is 0 Å². The molecule has 2 aromatic carbocycles. The van der Waals surface area contributed by atoms with Crippen LogP contribution in [0.2, 0.25) is 0 Å². The van der Waals surface area contributed by atoms with Gasteiger partial charge in [-0.15, -0.1) is 0 Å². The number of amides is 1. The summed E-state index contributed by atoms with van der Waals surface area (Å²) in [6.07, 6.45) is 4.41. The maximum Gasteiger partial charge on any atom is 0.255 e. The van der Waals surface area contributed by atoms with Gasteiger partial charge in [-0.1, -0.05) is 59.1 Å². The lowest BCUT2D eigenvalue weighted by molar-refractivity contribution is 0.0950. The fourth-order valence-electron chi connectivity index (χ4n) is 2.31. The highest BCUT2D eigenvalue weighted by molar-refractivity contribution is 9.09. The van der Waals surface area contributed by atoms with E-state index in [1.54, 1.807) is 6.07 Å². The molecule has 0 saturated carbocycles. The first kappa shape index (κ1) is 15.8. The summed E-state index contributed by atoms with van der Waals surface area (Å²) in [6.45, 7) is 0.646. The molecule has 0 saturated heterocycles. The van der Waals surface area contributed by atoms with E-state index in [4.69, 9.17) is 0 Å². The summed E-state index contributed by atoms with van der Waals surface area (Å²) >= 11 is 3.40. The van der Waals surface area contributed by atoms with E-state index in [2.05, 4.69) is 21.2 Å². The number of rotatable bonds is 7. The van der Waals surface area contributed by atoms with Gasteiger partial charge in [0.25, 0.3) is 5.91 Å². The maximum absolute atomic E-state index is 12.1. The van der Waals surface area contributed by atoms with Crippen molar-refractivity contribution in [1.82, 2.24) is 5.32 Å². The Balaban J connectivity index is 1.95. The van der Waals surface area contributed by atoms with Crippen LogP contribution in [-0.2, 0) is 0 Å². The van der Waals surface area contributed by atoms with Gasteiger partial charge in [0.1, 0.15) is 5.75 Å². The van der Waals surface area contributed by atoms with E-state index in [0.717, 1.165) is 23.6 Å². The van der Waals surface area contributed by atoms with Gasteiger partial charge in [-0.25, -0.2) is 0 Å². The fraction of sp³-hybridized carbons (Fsp3) is 0.353. The first-order valence-corrected chi connectivity index (χ1v) is 8.41. The van der Waals surface area contributed by atoms with Gasteiger partial charge in [0, 0.05) is 17.3 Å². The molecule has 2 rings (SSSR count). The average Bonchev–Trinajstić information content (AvgIpc) is 2.51. The second kappa shape index (κ2) is 8.03. The minimum absolute atomic E-state index is 0.0601. The summed E-state index contributed by atoms with van der Waals surface area (Å²) in [5, 5.41) is 15.8. The molecule has 0 spiro atoms. The van der Waals surface area contributed by atoms with Gasteiger partial charge in [0.2, 0.25) is 0 Å². The van der Waals surface area contributed by atoms with Crippen LogP contribution in [0.15, 0.2) is 36.4 Å². The second-order valence-electron chi connectivity index (χ2n) is 5.04. The molecule has 0 heterocycles. The van der Waals surface area contributed by atoms with Crippen molar-refractivity contribution in [3.05, 3.63) is 42.0 Å². The molecule has 2 aromatic rings. The lowest BCUT2D eigenvalue weighted by Crippen LogP contribution is -2.24. The predicted molar refractivity (Wildman–Crippen MR) is 90.2 cm³/mol. The summed E-state index contributed by atoms with van der Waals surface area (Å²) < 4.78 is 0. The zero-order valence-electron chi connectivity index (χ0n) is 11.9. The minimum atomic E-state index is -0.209. The third-order valence-corrected chi connectivity index (χ3v) is 4.05. The fourth-order valence-corrected chi connectivity index (χ4v) is 2.71. The van der Waals surface area contributed by atoms with E-state index < -0.39 is 0 Å². The van der Waals surface area contributed by atoms with Crippen molar-refractivity contribution in [3.8, 4) is 5.75 Å². The molecular weight excluding hydrogens is 330 g/mol. The number of phenols is 1. The topological polar surface area (TPSA) is 49.3 Å². The summed E-state index contributed by atoms with van der Waals surface area (Å²) in [5.41, 5.74) is 0.342. The minimum Gasteiger partial charge on any atom is -0.506 e. The molecule has 2 N–H and O–H groups in total. The first-order chi connectivity index (χ1) is 10.2. The Kier molecular flexibility index (Phi) is 6.05. The zero-order valence-corrected chi connectivity index (χ0v) is 13.5. The van der Waals surface area contributed by atoms with Gasteiger partial charge in [-0.2, -0.15) is 0 Å². The lowest BCUT2D eigenvalue weighted by atomic mass is 10.0. The summed E-state index contributed by atoms with van der Waals surface area (Å²) in [5.74, 6) is -0.149. The van der Waals surface area contributed by atoms with Crippen LogP contribution in [-0.4, -0.2) is 22.9 Å². The molecular formula is C17H20BrNO2. The quantitative estimate of drug-likeness (QED) is 0.580. The van der Waals surface area contributed by atoms with Crippen LogP contribution < -0.4 is 5.32 Å². The highest BCUT2D eigenvalue weighted by Gasteiger charge is 2.12. The molecule has 0 aliphatic heterocycles. The number of carbonyl (C=O) groups excluding carboxylic acids is 1. The third kappa shape index (κ3) is 4.21. The van der Waals surface area contributed by atoms with Crippen LogP contribution in [0.5, 0.6) is 5.75 Å². The Morgan fingerprint density at radius 1 is 1.05 bits per heavy atom. The van der Waals surface area contributed by atoms with Crippen LogP contribution in [0.1, 0.15) is 36.0 Å². The van der Waals surface area contributed by atoms with Crippen molar-refractivity contribution < 1.29 is 9.90 Å². The molecule has 1 amide bonds. The molecule has 0 aliphatic rings. The van der Waals surface area contributed by atoms with Gasteiger partial charge in [-0.3, -0.25) is 4.79 Å². The second-order valence-corrected chi connectivity index (χ2v) is 5.83.